The first-order valence-electron chi connectivity index (χ1n) is 9.21. The molecule has 1 heterocycles. The van der Waals surface area contributed by atoms with Crippen LogP contribution < -0.4 is 14.8 Å². The highest BCUT2D eigenvalue weighted by molar-refractivity contribution is 6.12. The number of hydrogen-bond acceptors (Lipinski definition) is 3. The molecule has 1 N–H and O–H groups in total. The summed E-state index contributed by atoms with van der Waals surface area (Å²) in [6.07, 6.45) is 0. The number of anilines is 1. The van der Waals surface area contributed by atoms with E-state index < -0.39 is 0 Å². The maximum Gasteiger partial charge on any atom is 0.263 e. The zero-order valence-electron chi connectivity index (χ0n) is 16.2. The molecule has 4 aromatic rings. The van der Waals surface area contributed by atoms with Gasteiger partial charge in [-0.3, -0.25) is 4.79 Å². The molecule has 3 aromatic carbocycles. The number of para-hydroxylation sites is 1. The van der Waals surface area contributed by atoms with Crippen LogP contribution in [0.25, 0.3) is 21.8 Å². The number of nitrogens with zero attached hydrogens (tertiary/aromatic N) is 1. The van der Waals surface area contributed by atoms with Crippen molar-refractivity contribution in [1.82, 2.24) is 4.57 Å². The molecule has 0 aliphatic carbocycles. The van der Waals surface area contributed by atoms with E-state index in [1.807, 2.05) is 30.3 Å². The molecular formula is C23H22N2O3. The van der Waals surface area contributed by atoms with Crippen molar-refractivity contribution in [1.29, 1.82) is 0 Å². The van der Waals surface area contributed by atoms with E-state index in [4.69, 9.17) is 9.47 Å². The normalized spacial score (nSPS) is 11.0. The molecule has 1 amide bonds. The maximum atomic E-state index is 13.0. The van der Waals surface area contributed by atoms with E-state index in [1.165, 1.54) is 25.1 Å². The molecule has 0 saturated carbocycles. The first kappa shape index (κ1) is 17.9. The van der Waals surface area contributed by atoms with Crippen LogP contribution in [-0.4, -0.2) is 24.7 Å². The monoisotopic (exact) mass is 374 g/mol. The van der Waals surface area contributed by atoms with Gasteiger partial charge in [-0.2, -0.15) is 0 Å². The minimum Gasteiger partial charge on any atom is -0.496 e. The quantitative estimate of drug-likeness (QED) is 0.530. The minimum absolute atomic E-state index is 0.270. The first-order chi connectivity index (χ1) is 13.7. The fourth-order valence-corrected chi connectivity index (χ4v) is 3.74. The molecule has 0 saturated heterocycles. The number of hydrogen-bond donors (Lipinski definition) is 1. The Kier molecular flexibility index (Phi) is 4.65. The van der Waals surface area contributed by atoms with Crippen LogP contribution in [0, 0.1) is 0 Å². The van der Waals surface area contributed by atoms with E-state index in [0.29, 0.717) is 17.1 Å². The highest BCUT2D eigenvalue weighted by atomic mass is 16.5. The average Bonchev–Trinajstić information content (AvgIpc) is 3.06. The van der Waals surface area contributed by atoms with Crippen molar-refractivity contribution in [2.45, 2.75) is 13.5 Å². The largest absolute Gasteiger partial charge is 0.496 e. The van der Waals surface area contributed by atoms with Crippen LogP contribution in [0.3, 0.4) is 0 Å². The SMILES string of the molecule is CCn1c2ccccc2c2cc(NC(=O)c3c(OC)cccc3OC)ccc21. The van der Waals surface area contributed by atoms with Gasteiger partial charge in [-0.25, -0.2) is 0 Å². The highest BCUT2D eigenvalue weighted by Crippen LogP contribution is 2.32. The van der Waals surface area contributed by atoms with Crippen LogP contribution in [0.1, 0.15) is 17.3 Å². The van der Waals surface area contributed by atoms with Gasteiger partial charge in [0.2, 0.25) is 0 Å². The van der Waals surface area contributed by atoms with Gasteiger partial charge in [0, 0.05) is 34.0 Å². The van der Waals surface area contributed by atoms with E-state index >= 15 is 0 Å². The summed E-state index contributed by atoms with van der Waals surface area (Å²) >= 11 is 0. The molecule has 5 nitrogen and oxygen atoms in total. The van der Waals surface area contributed by atoms with Gasteiger partial charge in [0.25, 0.3) is 5.91 Å². The number of ether oxygens (including phenoxy) is 2. The first-order valence-corrected chi connectivity index (χ1v) is 9.21. The summed E-state index contributed by atoms with van der Waals surface area (Å²) in [5, 5.41) is 5.27. The van der Waals surface area contributed by atoms with Gasteiger partial charge in [0.1, 0.15) is 17.1 Å². The van der Waals surface area contributed by atoms with Crippen LogP contribution in [0.2, 0.25) is 0 Å². The molecule has 0 radical (unpaired) electrons. The van der Waals surface area contributed by atoms with Crippen LogP contribution in [0.5, 0.6) is 11.5 Å². The standard InChI is InChI=1S/C23H22N2O3/c1-4-25-18-9-6-5-8-16(18)17-14-15(12-13-19(17)25)24-23(26)22-20(27-2)10-7-11-21(22)28-3/h5-14H,4H2,1-3H3,(H,24,26). The summed E-state index contributed by atoms with van der Waals surface area (Å²) < 4.78 is 13.0. The van der Waals surface area contributed by atoms with E-state index in [0.717, 1.165) is 23.1 Å². The Labute approximate surface area is 163 Å². The number of aromatic nitrogens is 1. The van der Waals surface area contributed by atoms with Gasteiger partial charge < -0.3 is 19.4 Å². The van der Waals surface area contributed by atoms with Crippen molar-refractivity contribution in [2.24, 2.45) is 0 Å². The number of fused-ring (bicyclic) bond motifs is 3. The van der Waals surface area contributed by atoms with Crippen LogP contribution in [-0.2, 0) is 6.54 Å². The number of benzene rings is 3. The molecule has 0 atom stereocenters. The van der Waals surface area contributed by atoms with Gasteiger partial charge in [0.15, 0.2) is 0 Å². The summed E-state index contributed by atoms with van der Waals surface area (Å²) in [5.41, 5.74) is 3.44. The predicted octanol–water partition coefficient (Wildman–Crippen LogP) is 5.08. The van der Waals surface area contributed by atoms with Crippen molar-refractivity contribution in [3.05, 3.63) is 66.2 Å². The van der Waals surface area contributed by atoms with Gasteiger partial charge in [0.05, 0.1) is 14.2 Å². The van der Waals surface area contributed by atoms with Crippen LogP contribution >= 0.6 is 0 Å². The Morgan fingerprint density at radius 3 is 2.25 bits per heavy atom. The van der Waals surface area contributed by atoms with Gasteiger partial charge in [-0.05, 0) is 43.3 Å². The highest BCUT2D eigenvalue weighted by Gasteiger charge is 2.19. The molecule has 1 aromatic heterocycles. The summed E-state index contributed by atoms with van der Waals surface area (Å²) in [6, 6.07) is 19.6. The van der Waals surface area contributed by atoms with Crippen molar-refractivity contribution in [3.8, 4) is 11.5 Å². The zero-order chi connectivity index (χ0) is 19.7. The molecule has 142 valence electrons. The Balaban J connectivity index is 1.77. The number of carbonyl (C=O) groups excluding carboxylic acids is 1. The lowest BCUT2D eigenvalue weighted by Gasteiger charge is -2.13. The Bertz CT molecular complexity index is 1160. The number of carbonyl (C=O) groups is 1. The van der Waals surface area contributed by atoms with Gasteiger partial charge in [-0.15, -0.1) is 0 Å². The summed E-state index contributed by atoms with van der Waals surface area (Å²) in [6.45, 7) is 3.02. The molecule has 4 rings (SSSR count). The number of rotatable bonds is 5. The third-order valence-electron chi connectivity index (χ3n) is 5.00. The fraction of sp³-hybridized carbons (Fsp3) is 0.174. The lowest BCUT2D eigenvalue weighted by Crippen LogP contribution is -2.14. The summed E-state index contributed by atoms with van der Waals surface area (Å²) in [4.78, 5) is 13.0. The molecular weight excluding hydrogens is 352 g/mol. The van der Waals surface area contributed by atoms with E-state index in [1.54, 1.807) is 18.2 Å². The van der Waals surface area contributed by atoms with Crippen LogP contribution in [0.15, 0.2) is 60.7 Å². The van der Waals surface area contributed by atoms with Crippen molar-refractivity contribution >= 4 is 33.4 Å². The smallest absolute Gasteiger partial charge is 0.263 e. The molecule has 5 heteroatoms. The van der Waals surface area contributed by atoms with Crippen LogP contribution in [0.4, 0.5) is 5.69 Å². The van der Waals surface area contributed by atoms with E-state index in [9.17, 15) is 4.79 Å². The van der Waals surface area contributed by atoms with Crippen molar-refractivity contribution in [3.63, 3.8) is 0 Å². The Hall–Kier alpha value is -3.47. The van der Waals surface area contributed by atoms with Crippen molar-refractivity contribution in [2.75, 3.05) is 19.5 Å². The fourth-order valence-electron chi connectivity index (χ4n) is 3.74. The molecule has 0 aliphatic heterocycles. The third kappa shape index (κ3) is 2.85. The van der Waals surface area contributed by atoms with Gasteiger partial charge >= 0.3 is 0 Å². The van der Waals surface area contributed by atoms with Crippen molar-refractivity contribution < 1.29 is 14.3 Å². The minimum atomic E-state index is -0.270. The number of amides is 1. The summed E-state index contributed by atoms with van der Waals surface area (Å²) in [5.74, 6) is 0.675. The lowest BCUT2D eigenvalue weighted by atomic mass is 10.1. The van der Waals surface area contributed by atoms with E-state index in [2.05, 4.69) is 28.9 Å². The Morgan fingerprint density at radius 1 is 0.893 bits per heavy atom. The maximum absolute atomic E-state index is 13.0. The molecule has 0 fully saturated rings. The second kappa shape index (κ2) is 7.27. The molecule has 0 bridgehead atoms. The lowest BCUT2D eigenvalue weighted by molar-refractivity contribution is 0.102. The number of nitrogens with one attached hydrogen (secondary N) is 1. The number of methoxy groups -OCH3 is 2. The molecule has 0 aliphatic rings. The zero-order valence-corrected chi connectivity index (χ0v) is 16.2. The second-order valence-electron chi connectivity index (χ2n) is 6.48. The predicted molar refractivity (Wildman–Crippen MR) is 113 cm³/mol. The topological polar surface area (TPSA) is 52.5 Å². The van der Waals surface area contributed by atoms with E-state index in [-0.39, 0.29) is 5.91 Å². The molecule has 28 heavy (non-hydrogen) atoms. The number of aryl methyl sites for hydroxylation is 1. The molecule has 0 unspecified atom stereocenters. The summed E-state index contributed by atoms with van der Waals surface area (Å²) in [7, 11) is 3.08. The third-order valence-corrected chi connectivity index (χ3v) is 5.00. The average molecular weight is 374 g/mol. The van der Waals surface area contributed by atoms with Gasteiger partial charge in [-0.1, -0.05) is 24.3 Å². The Morgan fingerprint density at radius 2 is 1.57 bits per heavy atom. The second-order valence-corrected chi connectivity index (χ2v) is 6.48. The molecule has 0 spiro atoms.